The van der Waals surface area contributed by atoms with Crippen molar-refractivity contribution in [2.24, 2.45) is 0 Å². The maximum absolute atomic E-state index is 10.9. The van der Waals surface area contributed by atoms with E-state index in [-0.39, 0.29) is 0 Å². The molecular formula is C23H26N2O. The van der Waals surface area contributed by atoms with Gasteiger partial charge in [-0.3, -0.25) is 9.69 Å². The van der Waals surface area contributed by atoms with Gasteiger partial charge >= 0.3 is 0 Å². The summed E-state index contributed by atoms with van der Waals surface area (Å²) in [6.45, 7) is 4.72. The summed E-state index contributed by atoms with van der Waals surface area (Å²) in [5.41, 5.74) is 7.08. The molecule has 1 fully saturated rings. The summed E-state index contributed by atoms with van der Waals surface area (Å²) < 4.78 is 0. The highest BCUT2D eigenvalue weighted by atomic mass is 16.1. The van der Waals surface area contributed by atoms with Crippen LogP contribution in [0.25, 0.3) is 5.57 Å². The van der Waals surface area contributed by atoms with Crippen molar-refractivity contribution in [3.8, 4) is 0 Å². The van der Waals surface area contributed by atoms with Gasteiger partial charge in [-0.05, 0) is 47.1 Å². The van der Waals surface area contributed by atoms with Crippen LogP contribution in [0.3, 0.4) is 0 Å². The Balaban J connectivity index is 1.55. The van der Waals surface area contributed by atoms with E-state index in [1.807, 2.05) is 4.90 Å². The van der Waals surface area contributed by atoms with Gasteiger partial charge < -0.3 is 4.90 Å². The molecule has 0 spiro atoms. The molecule has 1 heterocycles. The van der Waals surface area contributed by atoms with Gasteiger partial charge in [0, 0.05) is 32.7 Å². The third-order valence-corrected chi connectivity index (χ3v) is 5.63. The van der Waals surface area contributed by atoms with E-state index in [4.69, 9.17) is 0 Å². The molecule has 2 aliphatic rings. The molecule has 0 N–H and O–H groups in total. The zero-order valence-electron chi connectivity index (χ0n) is 15.2. The molecule has 0 radical (unpaired) electrons. The predicted octanol–water partition coefficient (Wildman–Crippen LogP) is 3.38. The lowest BCUT2D eigenvalue weighted by atomic mass is 9.93. The molecule has 26 heavy (non-hydrogen) atoms. The average Bonchev–Trinajstić information content (AvgIpc) is 2.86. The minimum atomic E-state index is 0.853. The zero-order valence-corrected chi connectivity index (χ0v) is 15.2. The monoisotopic (exact) mass is 346 g/mol. The normalized spacial score (nSPS) is 17.2. The highest BCUT2D eigenvalue weighted by Gasteiger charge is 2.18. The van der Waals surface area contributed by atoms with Crippen LogP contribution in [0.5, 0.6) is 0 Å². The second-order valence-corrected chi connectivity index (χ2v) is 7.20. The Hall–Kier alpha value is -2.39. The lowest BCUT2D eigenvalue weighted by molar-refractivity contribution is -0.119. The minimum absolute atomic E-state index is 0.853. The number of rotatable bonds is 4. The average molecular weight is 346 g/mol. The standard InChI is InChI=1S/C23H26N2O/c26-18-25-16-14-24(15-17-25)13-5-10-23-21-8-3-1-6-19(21)11-12-20-7-2-4-9-22(20)23/h1-4,6-10,18H,5,11-17H2. The Morgan fingerprint density at radius 2 is 1.38 bits per heavy atom. The topological polar surface area (TPSA) is 23.6 Å². The van der Waals surface area contributed by atoms with Gasteiger partial charge in [0.25, 0.3) is 0 Å². The first-order chi connectivity index (χ1) is 12.8. The highest BCUT2D eigenvalue weighted by molar-refractivity contribution is 5.83. The molecule has 2 aromatic carbocycles. The molecule has 0 aromatic heterocycles. The number of amides is 1. The zero-order chi connectivity index (χ0) is 17.8. The highest BCUT2D eigenvalue weighted by Crippen LogP contribution is 2.33. The maximum atomic E-state index is 10.9. The predicted molar refractivity (Wildman–Crippen MR) is 106 cm³/mol. The second kappa shape index (κ2) is 7.88. The number of nitrogens with zero attached hydrogens (tertiary/aromatic N) is 2. The fourth-order valence-corrected chi connectivity index (χ4v) is 4.12. The summed E-state index contributed by atoms with van der Waals surface area (Å²) in [5, 5.41) is 0. The van der Waals surface area contributed by atoms with Crippen molar-refractivity contribution >= 4 is 12.0 Å². The summed E-state index contributed by atoms with van der Waals surface area (Å²) in [7, 11) is 0. The first kappa shape index (κ1) is 17.0. The number of carbonyl (C=O) groups excluding carboxylic acids is 1. The number of piperazine rings is 1. The Bertz CT molecular complexity index is 754. The SMILES string of the molecule is O=CN1CCN(CCC=C2c3ccccc3CCc3ccccc32)CC1. The molecule has 4 rings (SSSR count). The van der Waals surface area contributed by atoms with E-state index < -0.39 is 0 Å². The van der Waals surface area contributed by atoms with Gasteiger partial charge in [-0.15, -0.1) is 0 Å². The quantitative estimate of drug-likeness (QED) is 0.793. The van der Waals surface area contributed by atoms with Gasteiger partial charge in [-0.25, -0.2) is 0 Å². The summed E-state index contributed by atoms with van der Waals surface area (Å²) >= 11 is 0. The molecule has 1 saturated heterocycles. The van der Waals surface area contributed by atoms with Gasteiger partial charge in [0.1, 0.15) is 0 Å². The first-order valence-corrected chi connectivity index (χ1v) is 9.63. The van der Waals surface area contributed by atoms with Crippen LogP contribution >= 0.6 is 0 Å². The van der Waals surface area contributed by atoms with Crippen molar-refractivity contribution in [2.45, 2.75) is 19.3 Å². The molecule has 0 atom stereocenters. The molecule has 1 aliphatic carbocycles. The van der Waals surface area contributed by atoms with Crippen molar-refractivity contribution in [3.63, 3.8) is 0 Å². The van der Waals surface area contributed by atoms with E-state index in [2.05, 4.69) is 59.5 Å². The van der Waals surface area contributed by atoms with Crippen molar-refractivity contribution in [3.05, 3.63) is 76.9 Å². The van der Waals surface area contributed by atoms with E-state index in [1.54, 1.807) is 0 Å². The molecule has 2 aromatic rings. The fourth-order valence-electron chi connectivity index (χ4n) is 4.12. The van der Waals surface area contributed by atoms with Crippen LogP contribution in [0.4, 0.5) is 0 Å². The van der Waals surface area contributed by atoms with Gasteiger partial charge in [-0.1, -0.05) is 54.6 Å². The van der Waals surface area contributed by atoms with Crippen LogP contribution < -0.4 is 0 Å². The van der Waals surface area contributed by atoms with Crippen molar-refractivity contribution in [2.75, 3.05) is 32.7 Å². The number of carbonyl (C=O) groups is 1. The van der Waals surface area contributed by atoms with E-state index in [9.17, 15) is 4.79 Å². The van der Waals surface area contributed by atoms with Gasteiger partial charge in [0.05, 0.1) is 0 Å². The number of benzene rings is 2. The second-order valence-electron chi connectivity index (χ2n) is 7.20. The number of hydrogen-bond acceptors (Lipinski definition) is 2. The largest absolute Gasteiger partial charge is 0.343 e. The van der Waals surface area contributed by atoms with E-state index in [0.717, 1.165) is 58.4 Å². The van der Waals surface area contributed by atoms with E-state index in [0.29, 0.717) is 0 Å². The van der Waals surface area contributed by atoms with Crippen LogP contribution in [0.15, 0.2) is 54.6 Å². The number of hydrogen-bond donors (Lipinski definition) is 0. The molecular weight excluding hydrogens is 320 g/mol. The molecule has 134 valence electrons. The molecule has 1 aliphatic heterocycles. The Kier molecular flexibility index (Phi) is 5.16. The summed E-state index contributed by atoms with van der Waals surface area (Å²) in [6.07, 6.45) is 6.66. The van der Waals surface area contributed by atoms with E-state index in [1.165, 1.54) is 27.8 Å². The van der Waals surface area contributed by atoms with E-state index >= 15 is 0 Å². The van der Waals surface area contributed by atoms with Crippen LogP contribution in [0.1, 0.15) is 28.7 Å². The van der Waals surface area contributed by atoms with Crippen LogP contribution in [-0.4, -0.2) is 48.9 Å². The number of aryl methyl sites for hydroxylation is 2. The molecule has 3 nitrogen and oxygen atoms in total. The maximum Gasteiger partial charge on any atom is 0.209 e. The Morgan fingerprint density at radius 1 is 0.808 bits per heavy atom. The molecule has 0 unspecified atom stereocenters. The smallest absolute Gasteiger partial charge is 0.209 e. The molecule has 0 bridgehead atoms. The summed E-state index contributed by atoms with van der Waals surface area (Å²) in [6, 6.07) is 17.7. The fraction of sp³-hybridized carbons (Fsp3) is 0.348. The molecule has 3 heteroatoms. The van der Waals surface area contributed by atoms with Crippen LogP contribution in [-0.2, 0) is 17.6 Å². The van der Waals surface area contributed by atoms with Crippen molar-refractivity contribution in [1.82, 2.24) is 9.80 Å². The lowest BCUT2D eigenvalue weighted by Gasteiger charge is -2.32. The third kappa shape index (κ3) is 3.58. The molecule has 0 saturated carbocycles. The number of fused-ring (bicyclic) bond motifs is 2. The van der Waals surface area contributed by atoms with Crippen molar-refractivity contribution < 1.29 is 4.79 Å². The van der Waals surface area contributed by atoms with Gasteiger partial charge in [0.15, 0.2) is 0 Å². The Labute approximate surface area is 155 Å². The van der Waals surface area contributed by atoms with Gasteiger partial charge in [-0.2, -0.15) is 0 Å². The first-order valence-electron chi connectivity index (χ1n) is 9.63. The van der Waals surface area contributed by atoms with Crippen LogP contribution in [0, 0.1) is 0 Å². The minimum Gasteiger partial charge on any atom is -0.343 e. The van der Waals surface area contributed by atoms with Crippen LogP contribution in [0.2, 0.25) is 0 Å². The lowest BCUT2D eigenvalue weighted by Crippen LogP contribution is -2.45. The third-order valence-electron chi connectivity index (χ3n) is 5.63. The van der Waals surface area contributed by atoms with Gasteiger partial charge in [0.2, 0.25) is 6.41 Å². The van der Waals surface area contributed by atoms with Crippen molar-refractivity contribution in [1.29, 1.82) is 0 Å². The summed E-state index contributed by atoms with van der Waals surface area (Å²) in [5.74, 6) is 0. The Morgan fingerprint density at radius 3 is 1.96 bits per heavy atom. The summed E-state index contributed by atoms with van der Waals surface area (Å²) in [4.78, 5) is 15.2. The molecule has 1 amide bonds.